The van der Waals surface area contributed by atoms with Crippen molar-refractivity contribution in [1.29, 1.82) is 0 Å². The fraction of sp³-hybridized carbons (Fsp3) is 0.0189. The van der Waals surface area contributed by atoms with Gasteiger partial charge in [-0.25, -0.2) is 0 Å². The molecule has 55 heavy (non-hydrogen) atoms. The fourth-order valence-corrected chi connectivity index (χ4v) is 8.60. The summed E-state index contributed by atoms with van der Waals surface area (Å²) in [4.78, 5) is 0. The Morgan fingerprint density at radius 3 is 1.80 bits per heavy atom. The van der Waals surface area contributed by atoms with Gasteiger partial charge in [0.1, 0.15) is 11.2 Å². The minimum Gasteiger partial charge on any atom is -0.456 e. The zero-order valence-electron chi connectivity index (χ0n) is 30.1. The van der Waals surface area contributed by atoms with Crippen molar-refractivity contribution in [2.75, 3.05) is 0 Å². The maximum atomic E-state index is 6.53. The van der Waals surface area contributed by atoms with Crippen LogP contribution in [-0.2, 0) is 6.42 Å². The number of hydrogen-bond acceptors (Lipinski definition) is 1. The molecule has 0 N–H and O–H groups in total. The smallest absolute Gasteiger partial charge is 0.139 e. The summed E-state index contributed by atoms with van der Waals surface area (Å²) < 4.78 is 8.90. The van der Waals surface area contributed by atoms with E-state index in [1.807, 2.05) is 6.07 Å². The Morgan fingerprint density at radius 1 is 0.382 bits per heavy atom. The average Bonchev–Trinajstić information content (AvgIpc) is 3.81. The lowest BCUT2D eigenvalue weighted by molar-refractivity contribution is 0.664. The molecule has 2 nitrogen and oxygen atoms in total. The number of fused-ring (bicyclic) bond motifs is 8. The zero-order chi connectivity index (χ0) is 36.3. The molecule has 0 radical (unpaired) electrons. The minimum absolute atomic E-state index is 0.786. The highest BCUT2D eigenvalue weighted by Gasteiger charge is 2.16. The summed E-state index contributed by atoms with van der Waals surface area (Å²) in [6, 6.07) is 72.4. The van der Waals surface area contributed by atoms with Crippen LogP contribution in [0.2, 0.25) is 0 Å². The van der Waals surface area contributed by atoms with Crippen LogP contribution >= 0.6 is 0 Å². The van der Waals surface area contributed by atoms with Crippen LogP contribution in [0.25, 0.3) is 93.6 Å². The van der Waals surface area contributed by atoms with Gasteiger partial charge in [-0.1, -0.05) is 152 Å². The predicted molar refractivity (Wildman–Crippen MR) is 231 cm³/mol. The third-order valence-electron chi connectivity index (χ3n) is 11.2. The van der Waals surface area contributed by atoms with Crippen LogP contribution in [0.3, 0.4) is 0 Å². The van der Waals surface area contributed by atoms with Crippen molar-refractivity contribution in [2.45, 2.75) is 6.42 Å². The number of rotatable bonds is 6. The van der Waals surface area contributed by atoms with E-state index in [-0.39, 0.29) is 0 Å². The van der Waals surface area contributed by atoms with Crippen molar-refractivity contribution < 1.29 is 4.42 Å². The summed E-state index contributed by atoms with van der Waals surface area (Å²) in [5.41, 5.74) is 15.2. The summed E-state index contributed by atoms with van der Waals surface area (Å²) in [6.45, 7) is 0. The molecule has 258 valence electrons. The van der Waals surface area contributed by atoms with Crippen molar-refractivity contribution in [1.82, 2.24) is 4.57 Å². The van der Waals surface area contributed by atoms with E-state index in [1.54, 1.807) is 0 Å². The molecule has 0 aliphatic rings. The van der Waals surface area contributed by atoms with Gasteiger partial charge in [-0.3, -0.25) is 0 Å². The van der Waals surface area contributed by atoms with Gasteiger partial charge in [0.15, 0.2) is 0 Å². The molecule has 0 unspecified atom stereocenters. The molecular weight excluding hydrogens is 667 g/mol. The molecule has 2 heterocycles. The van der Waals surface area contributed by atoms with Gasteiger partial charge in [0, 0.05) is 39.2 Å². The van der Waals surface area contributed by atoms with Crippen molar-refractivity contribution in [3.05, 3.63) is 211 Å². The van der Waals surface area contributed by atoms with Crippen LogP contribution in [0, 0.1) is 0 Å². The van der Waals surface area contributed by atoms with E-state index in [0.717, 1.165) is 17.6 Å². The fourth-order valence-electron chi connectivity index (χ4n) is 8.60. The van der Waals surface area contributed by atoms with E-state index >= 15 is 0 Å². The van der Waals surface area contributed by atoms with Gasteiger partial charge in [0.2, 0.25) is 0 Å². The van der Waals surface area contributed by atoms with Gasteiger partial charge < -0.3 is 8.98 Å². The standard InChI is InChI=1S/C53H35NO/c1-2-17-44(18-3-1)54-49-22-8-6-20-46(49)48-34-41(28-29-50(48)54)37-26-24-36(25-27-37)39-15-11-16-40(32-39)38-14-10-12-35(30-38)31-43-33-42-13-4-5-19-45(42)52-47-21-7-9-23-51(47)55-53(43)52/h1-30,32-34H,31H2. The maximum Gasteiger partial charge on any atom is 0.139 e. The quantitative estimate of drug-likeness (QED) is 0.169. The number of nitrogens with zero attached hydrogens (tertiary/aromatic N) is 1. The lowest BCUT2D eigenvalue weighted by Crippen LogP contribution is -1.92. The Bertz CT molecular complexity index is 3220. The first kappa shape index (κ1) is 31.4. The highest BCUT2D eigenvalue weighted by atomic mass is 16.3. The van der Waals surface area contributed by atoms with Crippen LogP contribution in [0.5, 0.6) is 0 Å². The van der Waals surface area contributed by atoms with Gasteiger partial charge in [-0.05, 0) is 98.2 Å². The minimum atomic E-state index is 0.786. The van der Waals surface area contributed by atoms with Crippen molar-refractivity contribution in [2.24, 2.45) is 0 Å². The molecule has 0 saturated carbocycles. The number of aromatic nitrogens is 1. The van der Waals surface area contributed by atoms with Crippen molar-refractivity contribution in [3.63, 3.8) is 0 Å². The Hall–Kier alpha value is -7.16. The Balaban J connectivity index is 0.905. The number of para-hydroxylation sites is 3. The topological polar surface area (TPSA) is 18.1 Å². The van der Waals surface area contributed by atoms with E-state index in [0.29, 0.717) is 0 Å². The molecule has 0 fully saturated rings. The van der Waals surface area contributed by atoms with Gasteiger partial charge in [0.25, 0.3) is 0 Å². The molecule has 2 heteroatoms. The molecule has 0 spiro atoms. The highest BCUT2D eigenvalue weighted by molar-refractivity contribution is 6.19. The zero-order valence-corrected chi connectivity index (χ0v) is 30.1. The summed E-state index contributed by atoms with van der Waals surface area (Å²) in [6.07, 6.45) is 0.786. The Kier molecular flexibility index (Phi) is 7.28. The van der Waals surface area contributed by atoms with E-state index in [4.69, 9.17) is 4.42 Å². The van der Waals surface area contributed by atoms with Gasteiger partial charge in [-0.2, -0.15) is 0 Å². The predicted octanol–water partition coefficient (Wildman–Crippen LogP) is 14.4. The summed E-state index contributed by atoms with van der Waals surface area (Å²) >= 11 is 0. The SMILES string of the molecule is c1ccc(-n2c3ccccc3c3cc(-c4ccc(-c5cccc(-c6cccc(Cc7cc8ccccc8c8c7oc7ccccc78)c6)c5)cc4)ccc32)cc1. The second kappa shape index (κ2) is 12.8. The number of benzene rings is 9. The normalized spacial score (nSPS) is 11.7. The Morgan fingerprint density at radius 2 is 0.982 bits per heavy atom. The molecule has 11 rings (SSSR count). The molecular formula is C53H35NO. The van der Waals surface area contributed by atoms with Crippen LogP contribution in [-0.4, -0.2) is 4.57 Å². The molecule has 0 saturated heterocycles. The Labute approximate surface area is 319 Å². The van der Waals surface area contributed by atoms with Gasteiger partial charge >= 0.3 is 0 Å². The molecule has 0 atom stereocenters. The third kappa shape index (κ3) is 5.34. The van der Waals surface area contributed by atoms with E-state index in [1.165, 1.54) is 93.5 Å². The molecule has 0 bridgehead atoms. The summed E-state index contributed by atoms with van der Waals surface area (Å²) in [7, 11) is 0. The molecule has 11 aromatic rings. The van der Waals surface area contributed by atoms with Crippen LogP contribution in [0.1, 0.15) is 11.1 Å². The molecule has 2 aromatic heterocycles. The van der Waals surface area contributed by atoms with Gasteiger partial charge in [0.05, 0.1) is 11.0 Å². The summed E-state index contributed by atoms with van der Waals surface area (Å²) in [5, 5.41) is 7.37. The van der Waals surface area contributed by atoms with Crippen LogP contribution in [0.15, 0.2) is 205 Å². The third-order valence-corrected chi connectivity index (χ3v) is 11.2. The second-order valence-corrected chi connectivity index (χ2v) is 14.5. The first-order chi connectivity index (χ1) is 27.2. The number of hydrogen-bond donors (Lipinski definition) is 0. The van der Waals surface area contributed by atoms with Crippen molar-refractivity contribution >= 4 is 54.5 Å². The first-order valence-corrected chi connectivity index (χ1v) is 19.0. The highest BCUT2D eigenvalue weighted by Crippen LogP contribution is 2.39. The van der Waals surface area contributed by atoms with Crippen LogP contribution < -0.4 is 0 Å². The second-order valence-electron chi connectivity index (χ2n) is 14.5. The van der Waals surface area contributed by atoms with Crippen molar-refractivity contribution in [3.8, 4) is 39.1 Å². The molecule has 0 aliphatic carbocycles. The van der Waals surface area contributed by atoms with Crippen LogP contribution in [0.4, 0.5) is 0 Å². The summed E-state index contributed by atoms with van der Waals surface area (Å²) in [5.74, 6) is 0. The van der Waals surface area contributed by atoms with Gasteiger partial charge in [-0.15, -0.1) is 0 Å². The maximum absolute atomic E-state index is 6.53. The molecule has 9 aromatic carbocycles. The largest absolute Gasteiger partial charge is 0.456 e. The van der Waals surface area contributed by atoms with E-state index in [2.05, 4.69) is 199 Å². The first-order valence-electron chi connectivity index (χ1n) is 19.0. The van der Waals surface area contributed by atoms with E-state index in [9.17, 15) is 0 Å². The lowest BCUT2D eigenvalue weighted by Gasteiger charge is -2.11. The molecule has 0 amide bonds. The molecule has 0 aliphatic heterocycles. The monoisotopic (exact) mass is 701 g/mol. The average molecular weight is 702 g/mol. The lowest BCUT2D eigenvalue weighted by atomic mass is 9.94. The van der Waals surface area contributed by atoms with E-state index < -0.39 is 0 Å². The number of furan rings is 1.